The first-order chi connectivity index (χ1) is 16.9. The highest BCUT2D eigenvalue weighted by Gasteiger charge is 2.54. The van der Waals surface area contributed by atoms with E-state index in [2.05, 4.69) is 0 Å². The van der Waals surface area contributed by atoms with Crippen LogP contribution >= 0.6 is 0 Å². The summed E-state index contributed by atoms with van der Waals surface area (Å²) in [5.74, 6) is -1.19. The molecule has 0 aromatic heterocycles. The predicted molar refractivity (Wildman–Crippen MR) is 130 cm³/mol. The Labute approximate surface area is 206 Å². The summed E-state index contributed by atoms with van der Waals surface area (Å²) in [6.07, 6.45) is 0.968. The van der Waals surface area contributed by atoms with Crippen LogP contribution in [-0.2, 0) is 35.9 Å². The Kier molecular flexibility index (Phi) is 7.34. The average Bonchev–Trinajstić information content (AvgIpc) is 3.10. The molecule has 2 heterocycles. The number of hydrogen-bond acceptors (Lipinski definition) is 5. The van der Waals surface area contributed by atoms with Crippen molar-refractivity contribution in [1.29, 1.82) is 0 Å². The number of esters is 1. The van der Waals surface area contributed by atoms with E-state index in [1.54, 1.807) is 11.8 Å². The van der Waals surface area contributed by atoms with Gasteiger partial charge < -0.3 is 9.64 Å². The van der Waals surface area contributed by atoms with Crippen LogP contribution in [0.1, 0.15) is 49.3 Å². The van der Waals surface area contributed by atoms with Gasteiger partial charge in [-0.25, -0.2) is 0 Å². The van der Waals surface area contributed by atoms with E-state index in [0.717, 1.165) is 16.7 Å². The van der Waals surface area contributed by atoms with Crippen LogP contribution in [0, 0.1) is 12.8 Å². The maximum absolute atomic E-state index is 13.9. The van der Waals surface area contributed by atoms with Gasteiger partial charge in [-0.3, -0.25) is 24.1 Å². The quantitative estimate of drug-likeness (QED) is 0.452. The van der Waals surface area contributed by atoms with Crippen molar-refractivity contribution in [2.75, 3.05) is 19.7 Å². The number of rotatable bonds is 7. The molecule has 0 radical (unpaired) electrons. The molecule has 3 amide bonds. The number of carbonyl (C=O) groups excluding carboxylic acids is 4. The molecule has 0 bridgehead atoms. The van der Waals surface area contributed by atoms with Gasteiger partial charge in [0.1, 0.15) is 0 Å². The SMILES string of the molecule is CCOC(=O)C1CCN(C(=O)C[C@]2(c3ccccc3C)CC(=O)N(Cc3ccccc3)C2=O)CC1. The second-order valence-electron chi connectivity index (χ2n) is 9.43. The molecule has 0 N–H and O–H groups in total. The first kappa shape index (κ1) is 24.6. The monoisotopic (exact) mass is 476 g/mol. The van der Waals surface area contributed by atoms with Gasteiger partial charge in [-0.05, 0) is 43.4 Å². The van der Waals surface area contributed by atoms with Crippen LogP contribution in [0.5, 0.6) is 0 Å². The molecule has 0 saturated carbocycles. The Balaban J connectivity index is 1.57. The molecule has 0 spiro atoms. The number of aryl methyl sites for hydroxylation is 1. The highest BCUT2D eigenvalue weighted by atomic mass is 16.5. The number of likely N-dealkylation sites (tertiary alicyclic amines) is 2. The normalized spacial score (nSPS) is 20.9. The summed E-state index contributed by atoms with van der Waals surface area (Å²) in [5, 5.41) is 0. The van der Waals surface area contributed by atoms with Crippen molar-refractivity contribution in [2.24, 2.45) is 5.92 Å². The first-order valence-corrected chi connectivity index (χ1v) is 12.2. The summed E-state index contributed by atoms with van der Waals surface area (Å²) < 4.78 is 5.13. The maximum Gasteiger partial charge on any atom is 0.309 e. The number of imide groups is 1. The Morgan fingerprint density at radius 1 is 1.00 bits per heavy atom. The van der Waals surface area contributed by atoms with E-state index in [0.29, 0.717) is 32.5 Å². The number of hydrogen-bond donors (Lipinski definition) is 0. The summed E-state index contributed by atoms with van der Waals surface area (Å²) in [7, 11) is 0. The fourth-order valence-electron chi connectivity index (χ4n) is 5.28. The van der Waals surface area contributed by atoms with Crippen molar-refractivity contribution in [2.45, 2.75) is 51.5 Å². The van der Waals surface area contributed by atoms with Crippen molar-refractivity contribution >= 4 is 23.7 Å². The largest absolute Gasteiger partial charge is 0.466 e. The van der Waals surface area contributed by atoms with E-state index < -0.39 is 5.41 Å². The summed E-state index contributed by atoms with van der Waals surface area (Å²) in [5.41, 5.74) is 1.24. The van der Waals surface area contributed by atoms with Crippen LogP contribution in [0.25, 0.3) is 0 Å². The van der Waals surface area contributed by atoms with Crippen LogP contribution in [0.15, 0.2) is 54.6 Å². The summed E-state index contributed by atoms with van der Waals surface area (Å²) >= 11 is 0. The average molecular weight is 477 g/mol. The summed E-state index contributed by atoms with van der Waals surface area (Å²) in [4.78, 5) is 55.6. The third-order valence-electron chi connectivity index (χ3n) is 7.17. The third-order valence-corrected chi connectivity index (χ3v) is 7.17. The molecule has 2 aliphatic heterocycles. The van der Waals surface area contributed by atoms with Crippen molar-refractivity contribution in [3.8, 4) is 0 Å². The van der Waals surface area contributed by atoms with Gasteiger partial charge >= 0.3 is 5.97 Å². The second-order valence-corrected chi connectivity index (χ2v) is 9.43. The Morgan fingerprint density at radius 3 is 2.31 bits per heavy atom. The highest BCUT2D eigenvalue weighted by molar-refractivity contribution is 6.10. The first-order valence-electron chi connectivity index (χ1n) is 12.2. The molecule has 2 aromatic rings. The van der Waals surface area contributed by atoms with Crippen LogP contribution in [-0.4, -0.2) is 53.2 Å². The fraction of sp³-hybridized carbons (Fsp3) is 0.429. The Morgan fingerprint density at radius 2 is 1.66 bits per heavy atom. The molecule has 4 rings (SSSR count). The molecule has 1 atom stereocenters. The number of amides is 3. The van der Waals surface area contributed by atoms with Crippen molar-refractivity contribution in [3.05, 3.63) is 71.3 Å². The van der Waals surface area contributed by atoms with Crippen molar-refractivity contribution in [1.82, 2.24) is 9.80 Å². The molecule has 0 unspecified atom stereocenters. The van der Waals surface area contributed by atoms with Gasteiger partial charge in [0.2, 0.25) is 17.7 Å². The minimum Gasteiger partial charge on any atom is -0.466 e. The zero-order valence-corrected chi connectivity index (χ0v) is 20.4. The fourth-order valence-corrected chi connectivity index (χ4v) is 5.28. The van der Waals surface area contributed by atoms with E-state index in [4.69, 9.17) is 4.74 Å². The van der Waals surface area contributed by atoms with Gasteiger partial charge in [0.25, 0.3) is 0 Å². The molecule has 184 valence electrons. The standard InChI is InChI=1S/C28H32N2O5/c1-3-35-26(33)22-13-15-29(16-14-22)24(31)17-28(23-12-8-7-9-20(23)2)18-25(32)30(27(28)34)19-21-10-5-4-6-11-21/h4-12,22H,3,13-19H2,1-2H3/t28-/m1/s1. The van der Waals surface area contributed by atoms with Crippen LogP contribution in [0.2, 0.25) is 0 Å². The van der Waals surface area contributed by atoms with Crippen molar-refractivity contribution in [3.63, 3.8) is 0 Å². The van der Waals surface area contributed by atoms with E-state index in [1.165, 1.54) is 4.90 Å². The van der Waals surface area contributed by atoms with E-state index in [1.807, 2.05) is 61.5 Å². The lowest BCUT2D eigenvalue weighted by molar-refractivity contribution is -0.151. The van der Waals surface area contributed by atoms with Gasteiger partial charge in [0.15, 0.2) is 0 Å². The van der Waals surface area contributed by atoms with E-state index in [-0.39, 0.29) is 49.0 Å². The summed E-state index contributed by atoms with van der Waals surface area (Å²) in [6, 6.07) is 16.9. The lowest BCUT2D eigenvalue weighted by Gasteiger charge is -2.34. The number of nitrogens with zero attached hydrogens (tertiary/aromatic N) is 2. The van der Waals surface area contributed by atoms with Crippen LogP contribution in [0.4, 0.5) is 0 Å². The van der Waals surface area contributed by atoms with Gasteiger partial charge in [0, 0.05) is 25.9 Å². The Hall–Kier alpha value is -3.48. The molecule has 7 heteroatoms. The molecular weight excluding hydrogens is 444 g/mol. The number of piperidine rings is 1. The zero-order chi connectivity index (χ0) is 25.0. The van der Waals surface area contributed by atoms with Gasteiger partial charge in [0.05, 0.1) is 24.5 Å². The minimum atomic E-state index is -1.23. The second kappa shape index (κ2) is 10.4. The molecule has 2 fully saturated rings. The number of carbonyl (C=O) groups is 4. The molecule has 7 nitrogen and oxygen atoms in total. The van der Waals surface area contributed by atoms with Gasteiger partial charge in [-0.2, -0.15) is 0 Å². The molecule has 35 heavy (non-hydrogen) atoms. The number of benzene rings is 2. The van der Waals surface area contributed by atoms with E-state index >= 15 is 0 Å². The summed E-state index contributed by atoms with van der Waals surface area (Å²) in [6.45, 7) is 5.08. The molecule has 2 aromatic carbocycles. The van der Waals surface area contributed by atoms with Crippen LogP contribution in [0.3, 0.4) is 0 Å². The highest BCUT2D eigenvalue weighted by Crippen LogP contribution is 2.42. The zero-order valence-electron chi connectivity index (χ0n) is 20.4. The topological polar surface area (TPSA) is 84.0 Å². The number of ether oxygens (including phenoxy) is 1. The lowest BCUT2D eigenvalue weighted by atomic mass is 9.73. The van der Waals surface area contributed by atoms with Gasteiger partial charge in [-0.15, -0.1) is 0 Å². The third kappa shape index (κ3) is 4.99. The van der Waals surface area contributed by atoms with Gasteiger partial charge in [-0.1, -0.05) is 54.6 Å². The maximum atomic E-state index is 13.9. The smallest absolute Gasteiger partial charge is 0.309 e. The molecule has 2 saturated heterocycles. The molecule has 0 aliphatic carbocycles. The van der Waals surface area contributed by atoms with Crippen molar-refractivity contribution < 1.29 is 23.9 Å². The Bertz CT molecular complexity index is 1110. The predicted octanol–water partition coefficient (Wildman–Crippen LogP) is 3.38. The van der Waals surface area contributed by atoms with Crippen LogP contribution < -0.4 is 0 Å². The molecule has 2 aliphatic rings. The van der Waals surface area contributed by atoms with E-state index in [9.17, 15) is 19.2 Å². The minimum absolute atomic E-state index is 0.0332. The molecular formula is C28H32N2O5. The lowest BCUT2D eigenvalue weighted by Crippen LogP contribution is -2.46.